The minimum atomic E-state index is -0.414. The lowest BCUT2D eigenvalue weighted by molar-refractivity contribution is -0.384. The molecule has 1 aliphatic rings. The number of hydrogen-bond donors (Lipinski definition) is 1. The summed E-state index contributed by atoms with van der Waals surface area (Å²) in [7, 11) is 0. The Morgan fingerprint density at radius 1 is 1.17 bits per heavy atom. The van der Waals surface area contributed by atoms with Crippen LogP contribution in [0.3, 0.4) is 0 Å². The first-order valence-corrected chi connectivity index (χ1v) is 13.7. The number of nitro benzene ring substituents is 1. The minimum Gasteiger partial charge on any atom is -0.349 e. The molecule has 8 nitrogen and oxygen atoms in total. The molecular weight excluding hydrogens is 476 g/mol. The van der Waals surface area contributed by atoms with Crippen LogP contribution in [0.15, 0.2) is 52.4 Å². The smallest absolute Gasteiger partial charge is 0.269 e. The normalized spacial score (nSPS) is 14.1. The van der Waals surface area contributed by atoms with Crippen molar-refractivity contribution in [3.05, 3.63) is 74.1 Å². The van der Waals surface area contributed by atoms with E-state index >= 15 is 0 Å². The molecule has 9 heteroatoms. The highest BCUT2D eigenvalue weighted by Gasteiger charge is 2.18. The van der Waals surface area contributed by atoms with Crippen LogP contribution in [0.25, 0.3) is 10.9 Å². The quantitative estimate of drug-likeness (QED) is 0.121. The van der Waals surface area contributed by atoms with E-state index in [2.05, 4.69) is 12.2 Å². The number of thioether (sulfide) groups is 1. The van der Waals surface area contributed by atoms with Gasteiger partial charge in [-0.1, -0.05) is 62.9 Å². The number of fused-ring (bicyclic) bond motifs is 1. The predicted molar refractivity (Wildman–Crippen MR) is 143 cm³/mol. The van der Waals surface area contributed by atoms with E-state index in [4.69, 9.17) is 4.98 Å². The number of benzene rings is 2. The van der Waals surface area contributed by atoms with Crippen LogP contribution in [0.2, 0.25) is 0 Å². The van der Waals surface area contributed by atoms with Gasteiger partial charge >= 0.3 is 0 Å². The van der Waals surface area contributed by atoms with Crippen molar-refractivity contribution in [1.82, 2.24) is 14.9 Å². The van der Waals surface area contributed by atoms with Crippen molar-refractivity contribution < 1.29 is 9.72 Å². The van der Waals surface area contributed by atoms with Gasteiger partial charge in [0.15, 0.2) is 5.16 Å². The summed E-state index contributed by atoms with van der Waals surface area (Å²) >= 11 is 1.38. The largest absolute Gasteiger partial charge is 0.349 e. The number of aromatic nitrogens is 2. The first kappa shape index (κ1) is 25.9. The number of hydrogen-bond acceptors (Lipinski definition) is 6. The fraction of sp³-hybridized carbons (Fsp3) is 0.444. The predicted octanol–water partition coefficient (Wildman–Crippen LogP) is 5.85. The lowest BCUT2D eigenvalue weighted by Crippen LogP contribution is -2.36. The third-order valence-electron chi connectivity index (χ3n) is 6.60. The Bertz CT molecular complexity index is 1300. The maximum absolute atomic E-state index is 13.4. The van der Waals surface area contributed by atoms with Gasteiger partial charge in [0.2, 0.25) is 0 Å². The highest BCUT2D eigenvalue weighted by molar-refractivity contribution is 7.98. The van der Waals surface area contributed by atoms with Gasteiger partial charge in [0.25, 0.3) is 17.2 Å². The van der Waals surface area contributed by atoms with Gasteiger partial charge in [-0.3, -0.25) is 24.3 Å². The minimum absolute atomic E-state index is 0.0357. The van der Waals surface area contributed by atoms with Gasteiger partial charge in [-0.05, 0) is 43.0 Å². The fourth-order valence-electron chi connectivity index (χ4n) is 4.59. The molecule has 0 aliphatic heterocycles. The number of carbonyl (C=O) groups is 1. The Kier molecular flexibility index (Phi) is 8.74. The summed E-state index contributed by atoms with van der Waals surface area (Å²) in [6.45, 7) is 2.66. The Hall–Kier alpha value is -3.20. The van der Waals surface area contributed by atoms with Crippen molar-refractivity contribution in [1.29, 1.82) is 0 Å². The lowest BCUT2D eigenvalue weighted by atomic mass is 9.95. The van der Waals surface area contributed by atoms with Gasteiger partial charge in [0.1, 0.15) is 0 Å². The molecule has 2 aromatic carbocycles. The zero-order valence-corrected chi connectivity index (χ0v) is 21.4. The van der Waals surface area contributed by atoms with Gasteiger partial charge < -0.3 is 5.32 Å². The summed E-state index contributed by atoms with van der Waals surface area (Å²) in [5.74, 6) is 0.304. The maximum Gasteiger partial charge on any atom is 0.269 e. The average Bonchev–Trinajstić information content (AvgIpc) is 2.89. The maximum atomic E-state index is 13.4. The van der Waals surface area contributed by atoms with Crippen molar-refractivity contribution in [3.8, 4) is 0 Å². The molecule has 1 amide bonds. The van der Waals surface area contributed by atoms with E-state index in [0.717, 1.165) is 50.5 Å². The highest BCUT2D eigenvalue weighted by atomic mass is 32.2. The first-order chi connectivity index (χ1) is 17.5. The third-order valence-corrected chi connectivity index (χ3v) is 7.65. The average molecular weight is 509 g/mol. The molecule has 1 aromatic heterocycles. The molecule has 1 N–H and O–H groups in total. The summed E-state index contributed by atoms with van der Waals surface area (Å²) in [5.41, 5.74) is 1.68. The SMILES string of the molecule is CCCCCn1c(SCc2cccc([N+](=O)[O-])c2)nc2cc(C(=O)NC3CCCCC3)ccc2c1=O. The second kappa shape index (κ2) is 12.2. The van der Waals surface area contributed by atoms with Gasteiger partial charge in [-0.25, -0.2) is 4.98 Å². The molecule has 1 heterocycles. The Balaban J connectivity index is 1.63. The summed E-state index contributed by atoms with van der Waals surface area (Å²) < 4.78 is 1.70. The van der Waals surface area contributed by atoms with Crippen LogP contribution in [0, 0.1) is 10.1 Å². The second-order valence-electron chi connectivity index (χ2n) is 9.31. The zero-order chi connectivity index (χ0) is 25.5. The van der Waals surface area contributed by atoms with Crippen LogP contribution < -0.4 is 10.9 Å². The van der Waals surface area contributed by atoms with Crippen LogP contribution in [0.5, 0.6) is 0 Å². The van der Waals surface area contributed by atoms with E-state index < -0.39 is 4.92 Å². The number of unbranched alkanes of at least 4 members (excludes halogenated alkanes) is 2. The Morgan fingerprint density at radius 2 is 1.97 bits per heavy atom. The van der Waals surface area contributed by atoms with Crippen molar-refractivity contribution in [3.63, 3.8) is 0 Å². The number of carbonyl (C=O) groups excluding carboxylic acids is 1. The molecule has 0 atom stereocenters. The lowest BCUT2D eigenvalue weighted by Gasteiger charge is -2.22. The molecule has 190 valence electrons. The topological polar surface area (TPSA) is 107 Å². The Labute approximate surface area is 214 Å². The fourth-order valence-corrected chi connectivity index (χ4v) is 5.56. The third kappa shape index (κ3) is 6.32. The van der Waals surface area contributed by atoms with Crippen molar-refractivity contribution in [2.75, 3.05) is 0 Å². The molecule has 0 saturated heterocycles. The highest BCUT2D eigenvalue weighted by Crippen LogP contribution is 2.25. The molecule has 0 radical (unpaired) electrons. The molecule has 1 fully saturated rings. The summed E-state index contributed by atoms with van der Waals surface area (Å²) in [4.78, 5) is 41.8. The molecule has 1 saturated carbocycles. The molecule has 3 aromatic rings. The number of nitrogens with zero attached hydrogens (tertiary/aromatic N) is 3. The van der Waals surface area contributed by atoms with Crippen LogP contribution in [-0.4, -0.2) is 26.4 Å². The molecule has 0 spiro atoms. The van der Waals surface area contributed by atoms with Crippen LogP contribution in [0.4, 0.5) is 5.69 Å². The molecule has 0 bridgehead atoms. The molecule has 36 heavy (non-hydrogen) atoms. The van der Waals surface area contributed by atoms with Crippen LogP contribution in [-0.2, 0) is 12.3 Å². The zero-order valence-electron chi connectivity index (χ0n) is 20.6. The van der Waals surface area contributed by atoms with Gasteiger partial charge in [0.05, 0.1) is 15.8 Å². The van der Waals surface area contributed by atoms with Crippen LogP contribution >= 0.6 is 11.8 Å². The Morgan fingerprint density at radius 3 is 2.72 bits per heavy atom. The van der Waals surface area contributed by atoms with Crippen molar-refractivity contribution in [2.45, 2.75) is 81.8 Å². The van der Waals surface area contributed by atoms with Gasteiger partial charge in [0, 0.05) is 36.0 Å². The number of amides is 1. The first-order valence-electron chi connectivity index (χ1n) is 12.7. The second-order valence-corrected chi connectivity index (χ2v) is 10.3. The van der Waals surface area contributed by atoms with E-state index in [0.29, 0.717) is 33.9 Å². The number of nitro groups is 1. The van der Waals surface area contributed by atoms with E-state index in [1.807, 2.05) is 6.07 Å². The molecule has 1 aliphatic carbocycles. The number of rotatable bonds is 10. The van der Waals surface area contributed by atoms with E-state index in [9.17, 15) is 19.7 Å². The van der Waals surface area contributed by atoms with Crippen LogP contribution in [0.1, 0.15) is 74.2 Å². The molecule has 0 unspecified atom stereocenters. The molecule has 4 rings (SSSR count). The summed E-state index contributed by atoms with van der Waals surface area (Å²) in [6.07, 6.45) is 8.37. The summed E-state index contributed by atoms with van der Waals surface area (Å²) in [6, 6.07) is 11.8. The van der Waals surface area contributed by atoms with Gasteiger partial charge in [-0.15, -0.1) is 0 Å². The number of non-ortho nitro benzene ring substituents is 1. The number of nitrogens with one attached hydrogen (secondary N) is 1. The van der Waals surface area contributed by atoms with E-state index in [1.54, 1.807) is 34.9 Å². The summed E-state index contributed by atoms with van der Waals surface area (Å²) in [5, 5.41) is 15.3. The van der Waals surface area contributed by atoms with E-state index in [1.165, 1.54) is 24.2 Å². The van der Waals surface area contributed by atoms with Gasteiger partial charge in [-0.2, -0.15) is 0 Å². The molecular formula is C27H32N4O4S. The monoisotopic (exact) mass is 508 g/mol. The van der Waals surface area contributed by atoms with E-state index in [-0.39, 0.29) is 23.2 Å². The standard InChI is InChI=1S/C27H32N4O4S/c1-2-3-7-15-30-26(33)23-14-13-20(25(32)28-21-10-5-4-6-11-21)17-24(23)29-27(30)36-18-19-9-8-12-22(16-19)31(34)35/h8-9,12-14,16-17,21H,2-7,10-11,15,18H2,1H3,(H,28,32). The van der Waals surface area contributed by atoms with Crippen molar-refractivity contribution in [2.24, 2.45) is 0 Å². The van der Waals surface area contributed by atoms with Crippen molar-refractivity contribution >= 4 is 34.3 Å².